The minimum atomic E-state index is -4.97. The van der Waals surface area contributed by atoms with Crippen LogP contribution in [0.1, 0.15) is 477 Å². The molecule has 0 aliphatic rings. The van der Waals surface area contributed by atoms with Crippen LogP contribution < -0.4 is 0 Å². The molecule has 106 heavy (non-hydrogen) atoms. The molecule has 0 amide bonds. The van der Waals surface area contributed by atoms with Crippen molar-refractivity contribution in [2.45, 2.75) is 495 Å². The molecule has 630 valence electrons. The van der Waals surface area contributed by atoms with Crippen LogP contribution in [0, 0.1) is 0 Å². The maximum absolute atomic E-state index is 13.2. The van der Waals surface area contributed by atoms with Crippen molar-refractivity contribution < 1.29 is 80.2 Å². The number of rotatable bonds is 88. The van der Waals surface area contributed by atoms with Crippen LogP contribution in [0.25, 0.3) is 0 Å². The van der Waals surface area contributed by atoms with E-state index in [1.165, 1.54) is 308 Å². The van der Waals surface area contributed by atoms with Crippen molar-refractivity contribution in [3.63, 3.8) is 0 Å². The summed E-state index contributed by atoms with van der Waals surface area (Å²) in [5.41, 5.74) is 0. The molecule has 3 N–H and O–H groups in total. The van der Waals surface area contributed by atoms with Crippen molar-refractivity contribution in [1.82, 2.24) is 0 Å². The summed E-state index contributed by atoms with van der Waals surface area (Å²) in [6, 6.07) is 0. The van der Waals surface area contributed by atoms with Crippen LogP contribution in [0.3, 0.4) is 0 Å². The topological polar surface area (TPSA) is 237 Å². The Morgan fingerprint density at radius 2 is 0.377 bits per heavy atom. The van der Waals surface area contributed by atoms with E-state index in [-0.39, 0.29) is 25.7 Å². The van der Waals surface area contributed by atoms with Gasteiger partial charge in [0.15, 0.2) is 12.2 Å². The number of phosphoric acid groups is 2. The Kier molecular flexibility index (Phi) is 79.6. The number of unbranched alkanes of at least 4 members (excludes halogenated alkanes) is 62. The zero-order valence-corrected chi connectivity index (χ0v) is 71.2. The Morgan fingerprint density at radius 1 is 0.226 bits per heavy atom. The molecule has 17 nitrogen and oxygen atoms in total. The smallest absolute Gasteiger partial charge is 0.462 e. The lowest BCUT2D eigenvalue weighted by atomic mass is 10.0. The molecule has 0 aromatic rings. The molecule has 19 heteroatoms. The fourth-order valence-electron chi connectivity index (χ4n) is 13.7. The van der Waals surface area contributed by atoms with Gasteiger partial charge in [0.1, 0.15) is 19.3 Å². The van der Waals surface area contributed by atoms with E-state index in [4.69, 9.17) is 37.0 Å². The summed E-state index contributed by atoms with van der Waals surface area (Å²) >= 11 is 0. The van der Waals surface area contributed by atoms with Crippen LogP contribution in [-0.2, 0) is 65.4 Å². The van der Waals surface area contributed by atoms with Crippen LogP contribution in [0.2, 0.25) is 0 Å². The molecule has 0 saturated carbocycles. The standard InChI is InChI=1S/C87H170O17P2/c1-5-9-13-17-21-25-29-33-36-38-40-41-43-45-47-50-54-58-62-66-70-74-87(92)104-83(78-98-85(90)72-68-64-60-56-52-49-46-44-42-39-37-34-30-26-22-18-14-10-6-2)80-102-106(95,96)100-76-81(88)75-99-105(93,94)101-79-82(77-97-84(89)71-67-63-59-55-51-32-28-24-20-16-12-8-4)103-86(91)73-69-65-61-57-53-48-35-31-27-23-19-15-11-7-3/h81-83,88H,5-80H2,1-4H3,(H,93,94)(H,95,96)/t81-,82+,83+/m0/s1. The highest BCUT2D eigenvalue weighted by Gasteiger charge is 2.30. The van der Waals surface area contributed by atoms with Crippen molar-refractivity contribution in [3.8, 4) is 0 Å². The molecule has 0 saturated heterocycles. The van der Waals surface area contributed by atoms with Crippen molar-refractivity contribution >= 4 is 39.5 Å². The zero-order valence-electron chi connectivity index (χ0n) is 69.4. The Hall–Kier alpha value is -1.94. The highest BCUT2D eigenvalue weighted by molar-refractivity contribution is 7.47. The Morgan fingerprint density at radius 3 is 0.557 bits per heavy atom. The van der Waals surface area contributed by atoms with Crippen LogP contribution >= 0.6 is 15.6 Å². The fourth-order valence-corrected chi connectivity index (χ4v) is 15.3. The minimum absolute atomic E-state index is 0.109. The number of phosphoric ester groups is 2. The molecule has 0 radical (unpaired) electrons. The first-order valence-corrected chi connectivity index (χ1v) is 48.3. The summed E-state index contributed by atoms with van der Waals surface area (Å²) in [5, 5.41) is 10.7. The number of hydrogen-bond acceptors (Lipinski definition) is 15. The highest BCUT2D eigenvalue weighted by atomic mass is 31.2. The van der Waals surface area contributed by atoms with Crippen molar-refractivity contribution in [3.05, 3.63) is 0 Å². The van der Waals surface area contributed by atoms with E-state index >= 15 is 0 Å². The monoisotopic (exact) mass is 1550 g/mol. The van der Waals surface area contributed by atoms with E-state index in [9.17, 15) is 43.2 Å². The van der Waals surface area contributed by atoms with E-state index < -0.39 is 97.5 Å². The van der Waals surface area contributed by atoms with Gasteiger partial charge in [0, 0.05) is 25.7 Å². The molecule has 0 spiro atoms. The molecule has 0 aliphatic heterocycles. The SMILES string of the molecule is CCCCCCCCCCCCCCCCCCCCCCCC(=O)O[C@H](COC(=O)CCCCCCCCCCCCCCCCCCCCC)COP(=O)(O)OC[C@@H](O)COP(=O)(O)OC[C@@H](COC(=O)CCCCCCCCCCCCCC)OC(=O)CCCCCCCCCCCCCCCC. The number of carbonyl (C=O) groups is 4. The van der Waals surface area contributed by atoms with Gasteiger partial charge in [0.25, 0.3) is 0 Å². The van der Waals surface area contributed by atoms with Gasteiger partial charge in [-0.1, -0.05) is 426 Å². The van der Waals surface area contributed by atoms with E-state index in [0.717, 1.165) is 89.9 Å². The Balaban J connectivity index is 5.23. The third kappa shape index (κ3) is 80.1. The summed E-state index contributed by atoms with van der Waals surface area (Å²) in [6.45, 7) is 5.07. The summed E-state index contributed by atoms with van der Waals surface area (Å²) < 4.78 is 68.9. The number of aliphatic hydroxyl groups excluding tert-OH is 1. The maximum Gasteiger partial charge on any atom is 0.472 e. The second-order valence-electron chi connectivity index (χ2n) is 31.3. The fraction of sp³-hybridized carbons (Fsp3) is 0.954. The van der Waals surface area contributed by atoms with E-state index in [0.29, 0.717) is 25.7 Å². The molecule has 0 aromatic carbocycles. The summed E-state index contributed by atoms with van der Waals surface area (Å²) in [4.78, 5) is 73.3. The highest BCUT2D eigenvalue weighted by Crippen LogP contribution is 2.45. The molecular weight excluding hydrogens is 1380 g/mol. The second kappa shape index (κ2) is 81.1. The first kappa shape index (κ1) is 104. The molecular formula is C87H170O17P2. The average molecular weight is 1550 g/mol. The van der Waals surface area contributed by atoms with E-state index in [1.807, 2.05) is 0 Å². The molecule has 0 heterocycles. The van der Waals surface area contributed by atoms with E-state index in [1.54, 1.807) is 0 Å². The van der Waals surface area contributed by atoms with Gasteiger partial charge >= 0.3 is 39.5 Å². The molecule has 0 bridgehead atoms. The average Bonchev–Trinajstić information content (AvgIpc) is 0.907. The lowest BCUT2D eigenvalue weighted by molar-refractivity contribution is -0.161. The van der Waals surface area contributed by atoms with Crippen LogP contribution in [0.5, 0.6) is 0 Å². The Bertz CT molecular complexity index is 2000. The largest absolute Gasteiger partial charge is 0.472 e. The molecule has 2 unspecified atom stereocenters. The van der Waals surface area contributed by atoms with Crippen molar-refractivity contribution in [2.75, 3.05) is 39.6 Å². The van der Waals surface area contributed by atoms with Crippen molar-refractivity contribution in [1.29, 1.82) is 0 Å². The third-order valence-corrected chi connectivity index (χ3v) is 22.5. The predicted molar refractivity (Wildman–Crippen MR) is 437 cm³/mol. The van der Waals surface area contributed by atoms with Gasteiger partial charge in [-0.25, -0.2) is 9.13 Å². The van der Waals surface area contributed by atoms with E-state index in [2.05, 4.69) is 27.7 Å². The first-order valence-electron chi connectivity index (χ1n) is 45.3. The lowest BCUT2D eigenvalue weighted by Crippen LogP contribution is -2.30. The zero-order chi connectivity index (χ0) is 77.4. The third-order valence-electron chi connectivity index (χ3n) is 20.6. The Labute approximate surface area is 651 Å². The summed E-state index contributed by atoms with van der Waals surface area (Å²) in [5.74, 6) is -2.09. The normalized spacial score (nSPS) is 13.7. The van der Waals surface area contributed by atoms with Crippen LogP contribution in [0.4, 0.5) is 0 Å². The number of ether oxygens (including phenoxy) is 4. The minimum Gasteiger partial charge on any atom is -0.462 e. The number of hydrogen-bond donors (Lipinski definition) is 3. The summed E-state index contributed by atoms with van der Waals surface area (Å²) in [7, 11) is -9.93. The van der Waals surface area contributed by atoms with Gasteiger partial charge in [0.2, 0.25) is 0 Å². The quantitative estimate of drug-likeness (QED) is 0.0222. The second-order valence-corrected chi connectivity index (χ2v) is 34.2. The van der Waals surface area contributed by atoms with Gasteiger partial charge in [-0.05, 0) is 25.7 Å². The molecule has 0 fully saturated rings. The lowest BCUT2D eigenvalue weighted by Gasteiger charge is -2.21. The summed E-state index contributed by atoms with van der Waals surface area (Å²) in [6.07, 6.45) is 76.4. The molecule has 0 aliphatic carbocycles. The van der Waals surface area contributed by atoms with Crippen LogP contribution in [0.15, 0.2) is 0 Å². The number of carbonyl (C=O) groups excluding carboxylic acids is 4. The van der Waals surface area contributed by atoms with Gasteiger partial charge in [-0.3, -0.25) is 37.3 Å². The molecule has 5 atom stereocenters. The van der Waals surface area contributed by atoms with Crippen molar-refractivity contribution in [2.24, 2.45) is 0 Å². The van der Waals surface area contributed by atoms with Gasteiger partial charge < -0.3 is 33.8 Å². The number of esters is 4. The van der Waals surface area contributed by atoms with Gasteiger partial charge in [0.05, 0.1) is 26.4 Å². The van der Waals surface area contributed by atoms with Gasteiger partial charge in [-0.15, -0.1) is 0 Å². The first-order chi connectivity index (χ1) is 51.7. The molecule has 0 rings (SSSR count). The molecule has 0 aromatic heterocycles. The maximum atomic E-state index is 13.2. The van der Waals surface area contributed by atoms with Crippen LogP contribution in [-0.4, -0.2) is 96.7 Å². The predicted octanol–water partition coefficient (Wildman–Crippen LogP) is 26.9. The van der Waals surface area contributed by atoms with Gasteiger partial charge in [-0.2, -0.15) is 0 Å². The number of aliphatic hydroxyl groups is 1.